The van der Waals surface area contributed by atoms with Crippen LogP contribution < -0.4 is 10.6 Å². The fourth-order valence-corrected chi connectivity index (χ4v) is 2.16. The Balaban J connectivity index is 2.22. The first kappa shape index (κ1) is 14.8. The molecule has 6 nitrogen and oxygen atoms in total. The van der Waals surface area contributed by atoms with Crippen LogP contribution in [-0.2, 0) is 9.53 Å². The number of methoxy groups -OCH3 is 1. The van der Waals surface area contributed by atoms with Gasteiger partial charge in [-0.3, -0.25) is 4.79 Å². The topological polar surface area (TPSA) is 87.7 Å². The quantitative estimate of drug-likeness (QED) is 0.671. The van der Waals surface area contributed by atoms with Crippen LogP contribution in [-0.4, -0.2) is 42.4 Å². The van der Waals surface area contributed by atoms with Gasteiger partial charge in [0.2, 0.25) is 5.91 Å². The van der Waals surface area contributed by atoms with Crippen molar-refractivity contribution in [3.05, 3.63) is 0 Å². The summed E-state index contributed by atoms with van der Waals surface area (Å²) in [6.07, 6.45) is 3.63. The van der Waals surface area contributed by atoms with Crippen molar-refractivity contribution in [1.82, 2.24) is 10.6 Å². The van der Waals surface area contributed by atoms with E-state index in [1.807, 2.05) is 0 Å². The first-order valence-corrected chi connectivity index (χ1v) is 6.31. The van der Waals surface area contributed by atoms with Crippen molar-refractivity contribution in [1.29, 1.82) is 0 Å². The molecule has 0 aromatic heterocycles. The fraction of sp³-hybridized carbons (Fsp3) is 0.833. The van der Waals surface area contributed by atoms with E-state index in [-0.39, 0.29) is 5.91 Å². The average molecular weight is 258 g/mol. The Morgan fingerprint density at radius 3 is 2.56 bits per heavy atom. The first-order valence-electron chi connectivity index (χ1n) is 6.31. The number of carbonyl (C=O) groups is 2. The molecule has 0 radical (unpaired) electrons. The van der Waals surface area contributed by atoms with Gasteiger partial charge in [-0.05, 0) is 26.2 Å². The van der Waals surface area contributed by atoms with E-state index in [2.05, 4.69) is 15.4 Å². The van der Waals surface area contributed by atoms with Crippen molar-refractivity contribution in [3.63, 3.8) is 0 Å². The molecular formula is C12H22N2O4. The lowest BCUT2D eigenvalue weighted by Crippen LogP contribution is -2.45. The zero-order valence-corrected chi connectivity index (χ0v) is 11.0. The molecule has 1 fully saturated rings. The Morgan fingerprint density at radius 1 is 1.39 bits per heavy atom. The smallest absolute Gasteiger partial charge is 0.407 e. The molecule has 0 aromatic rings. The minimum absolute atomic E-state index is 0.276. The van der Waals surface area contributed by atoms with E-state index in [1.54, 1.807) is 6.92 Å². The van der Waals surface area contributed by atoms with Crippen LogP contribution in [0, 0.1) is 0 Å². The normalized spacial score (nSPS) is 19.1. The standard InChI is InChI=1S/C12H22N2O4/c1-9(14-11(16)18-2)10(15)13-8-7-12(17)5-3-4-6-12/h9,17H,3-8H2,1-2H3,(H,13,15)(H,14,16). The lowest BCUT2D eigenvalue weighted by molar-refractivity contribution is -0.122. The number of amides is 2. The molecule has 0 spiro atoms. The highest BCUT2D eigenvalue weighted by Gasteiger charge is 2.30. The highest BCUT2D eigenvalue weighted by Crippen LogP contribution is 2.31. The molecule has 1 aliphatic rings. The molecular weight excluding hydrogens is 236 g/mol. The lowest BCUT2D eigenvalue weighted by Gasteiger charge is -2.22. The van der Waals surface area contributed by atoms with E-state index in [0.717, 1.165) is 25.7 Å². The predicted molar refractivity (Wildman–Crippen MR) is 66.0 cm³/mol. The van der Waals surface area contributed by atoms with Crippen LogP contribution in [0.1, 0.15) is 39.0 Å². The molecule has 1 aliphatic carbocycles. The number of ether oxygens (including phenoxy) is 1. The summed E-state index contributed by atoms with van der Waals surface area (Å²) in [5.74, 6) is -0.276. The van der Waals surface area contributed by atoms with Crippen LogP contribution in [0.2, 0.25) is 0 Å². The zero-order chi connectivity index (χ0) is 13.6. The van der Waals surface area contributed by atoms with Gasteiger partial charge in [0, 0.05) is 6.54 Å². The summed E-state index contributed by atoms with van der Waals surface area (Å²) < 4.78 is 4.40. The molecule has 3 N–H and O–H groups in total. The van der Waals surface area contributed by atoms with Crippen LogP contribution in [0.5, 0.6) is 0 Å². The largest absolute Gasteiger partial charge is 0.453 e. The molecule has 0 heterocycles. The Morgan fingerprint density at radius 2 is 2.00 bits per heavy atom. The third-order valence-electron chi connectivity index (χ3n) is 3.34. The molecule has 0 aliphatic heterocycles. The minimum Gasteiger partial charge on any atom is -0.453 e. The number of hydrogen-bond acceptors (Lipinski definition) is 4. The van der Waals surface area contributed by atoms with Gasteiger partial charge in [0.15, 0.2) is 0 Å². The van der Waals surface area contributed by atoms with Gasteiger partial charge >= 0.3 is 6.09 Å². The fourth-order valence-electron chi connectivity index (χ4n) is 2.16. The van der Waals surface area contributed by atoms with Gasteiger partial charge in [0.05, 0.1) is 12.7 Å². The van der Waals surface area contributed by atoms with Gasteiger partial charge in [-0.1, -0.05) is 12.8 Å². The van der Waals surface area contributed by atoms with Gasteiger partial charge < -0.3 is 20.5 Å². The SMILES string of the molecule is COC(=O)NC(C)C(=O)NCCC1(O)CCCC1. The second-order valence-electron chi connectivity index (χ2n) is 4.83. The van der Waals surface area contributed by atoms with Gasteiger partial charge in [-0.2, -0.15) is 0 Å². The summed E-state index contributed by atoms with van der Waals surface area (Å²) in [6, 6.07) is -0.643. The molecule has 0 saturated heterocycles. The molecule has 1 atom stereocenters. The summed E-state index contributed by atoms with van der Waals surface area (Å²) in [5, 5.41) is 15.2. The van der Waals surface area contributed by atoms with Crippen molar-refractivity contribution in [3.8, 4) is 0 Å². The maximum absolute atomic E-state index is 11.6. The molecule has 6 heteroatoms. The summed E-state index contributed by atoms with van der Waals surface area (Å²) in [6.45, 7) is 2.00. The number of nitrogens with one attached hydrogen (secondary N) is 2. The molecule has 1 rings (SSSR count). The van der Waals surface area contributed by atoms with Gasteiger partial charge in [-0.15, -0.1) is 0 Å². The van der Waals surface area contributed by atoms with Crippen molar-refractivity contribution in [2.75, 3.05) is 13.7 Å². The lowest BCUT2D eigenvalue weighted by atomic mass is 9.98. The monoisotopic (exact) mass is 258 g/mol. The second-order valence-corrected chi connectivity index (χ2v) is 4.83. The van der Waals surface area contributed by atoms with Gasteiger partial charge in [0.25, 0.3) is 0 Å². The van der Waals surface area contributed by atoms with Crippen molar-refractivity contribution < 1.29 is 19.4 Å². The van der Waals surface area contributed by atoms with Gasteiger partial charge in [0.1, 0.15) is 6.04 Å². The minimum atomic E-state index is -0.643. The van der Waals surface area contributed by atoms with E-state index in [4.69, 9.17) is 0 Å². The molecule has 104 valence electrons. The highest BCUT2D eigenvalue weighted by molar-refractivity contribution is 5.85. The maximum Gasteiger partial charge on any atom is 0.407 e. The molecule has 1 saturated carbocycles. The van der Waals surface area contributed by atoms with Crippen molar-refractivity contribution in [2.24, 2.45) is 0 Å². The van der Waals surface area contributed by atoms with Crippen LogP contribution in [0.3, 0.4) is 0 Å². The molecule has 1 unspecified atom stereocenters. The zero-order valence-electron chi connectivity index (χ0n) is 11.0. The summed E-state index contributed by atoms with van der Waals surface area (Å²) in [7, 11) is 1.25. The van der Waals surface area contributed by atoms with E-state index < -0.39 is 17.7 Å². The van der Waals surface area contributed by atoms with Crippen molar-refractivity contribution >= 4 is 12.0 Å². The van der Waals surface area contributed by atoms with E-state index in [0.29, 0.717) is 13.0 Å². The average Bonchev–Trinajstić information content (AvgIpc) is 2.75. The van der Waals surface area contributed by atoms with Gasteiger partial charge in [-0.25, -0.2) is 4.79 Å². The summed E-state index contributed by atoms with van der Waals surface area (Å²) >= 11 is 0. The number of rotatable bonds is 5. The van der Waals surface area contributed by atoms with E-state index >= 15 is 0 Å². The van der Waals surface area contributed by atoms with Crippen molar-refractivity contribution in [2.45, 2.75) is 50.7 Å². The third-order valence-corrected chi connectivity index (χ3v) is 3.34. The summed E-state index contributed by atoms with van der Waals surface area (Å²) in [5.41, 5.74) is -0.619. The second kappa shape index (κ2) is 6.58. The molecule has 0 aromatic carbocycles. The van der Waals surface area contributed by atoms with E-state index in [1.165, 1.54) is 7.11 Å². The van der Waals surface area contributed by atoms with Crippen LogP contribution in [0.25, 0.3) is 0 Å². The van der Waals surface area contributed by atoms with Crippen LogP contribution in [0.4, 0.5) is 4.79 Å². The van der Waals surface area contributed by atoms with Crippen LogP contribution >= 0.6 is 0 Å². The summed E-state index contributed by atoms with van der Waals surface area (Å²) in [4.78, 5) is 22.5. The number of carbonyl (C=O) groups excluding carboxylic acids is 2. The number of alkyl carbamates (subject to hydrolysis) is 1. The maximum atomic E-state index is 11.6. The Labute approximate surface area is 107 Å². The third kappa shape index (κ3) is 4.52. The Bertz CT molecular complexity index is 300. The molecule has 0 bridgehead atoms. The van der Waals surface area contributed by atoms with E-state index in [9.17, 15) is 14.7 Å². The Hall–Kier alpha value is -1.30. The molecule has 2 amide bonds. The highest BCUT2D eigenvalue weighted by atomic mass is 16.5. The molecule has 18 heavy (non-hydrogen) atoms. The first-order chi connectivity index (χ1) is 8.47. The Kier molecular flexibility index (Phi) is 5.40. The van der Waals surface area contributed by atoms with Crippen LogP contribution in [0.15, 0.2) is 0 Å². The number of aliphatic hydroxyl groups is 1. The predicted octanol–water partition coefficient (Wildman–Crippen LogP) is 0.542. The number of hydrogen-bond donors (Lipinski definition) is 3.